The van der Waals surface area contributed by atoms with Crippen molar-refractivity contribution in [3.8, 4) is 0 Å². The molecule has 0 aromatic rings. The van der Waals surface area contributed by atoms with Crippen LogP contribution in [0.3, 0.4) is 0 Å². The number of nitrogens with zero attached hydrogens (tertiary/aromatic N) is 2. The minimum atomic E-state index is -1.87. The Bertz CT molecular complexity index is 294. The quantitative estimate of drug-likeness (QED) is 0.566. The van der Waals surface area contributed by atoms with Gasteiger partial charge in [-0.3, -0.25) is 0 Å². The van der Waals surface area contributed by atoms with Gasteiger partial charge in [-0.15, -0.1) is 0 Å². The van der Waals surface area contributed by atoms with Crippen molar-refractivity contribution >= 4 is 16.8 Å². The van der Waals surface area contributed by atoms with Crippen molar-refractivity contribution < 1.29 is 8.85 Å². The van der Waals surface area contributed by atoms with Crippen molar-refractivity contribution in [3.05, 3.63) is 0 Å². The lowest BCUT2D eigenvalue weighted by Crippen LogP contribution is -2.59. The molecule has 1 aliphatic rings. The van der Waals surface area contributed by atoms with E-state index in [-0.39, 0.29) is 0 Å². The van der Waals surface area contributed by atoms with Crippen molar-refractivity contribution in [2.24, 2.45) is 0 Å². The summed E-state index contributed by atoms with van der Waals surface area (Å²) in [6.07, 6.45) is 1.20. The van der Waals surface area contributed by atoms with Gasteiger partial charge in [0.15, 0.2) is 0 Å². The monoisotopic (exact) mass is 346 g/mol. The van der Waals surface area contributed by atoms with Crippen LogP contribution in [-0.2, 0) is 8.85 Å². The van der Waals surface area contributed by atoms with Crippen molar-refractivity contribution in [1.82, 2.24) is 9.47 Å². The van der Waals surface area contributed by atoms with Gasteiger partial charge in [-0.2, -0.15) is 0 Å². The Kier molecular flexibility index (Phi) is 8.81. The predicted molar refractivity (Wildman–Crippen MR) is 100 cm³/mol. The maximum absolute atomic E-state index is 5.58. The van der Waals surface area contributed by atoms with Gasteiger partial charge in [0.1, 0.15) is 8.24 Å². The lowest BCUT2D eigenvalue weighted by atomic mass is 10.3. The van der Waals surface area contributed by atoms with Crippen molar-refractivity contribution in [2.75, 3.05) is 46.9 Å². The molecule has 0 N–H and O–H groups in total. The highest BCUT2D eigenvalue weighted by Gasteiger charge is 2.36. The average Bonchev–Trinajstić information content (AvgIpc) is 2.58. The molecule has 22 heavy (non-hydrogen) atoms. The third-order valence-corrected chi connectivity index (χ3v) is 14.7. The van der Waals surface area contributed by atoms with E-state index < -0.39 is 16.8 Å². The van der Waals surface area contributed by atoms with Gasteiger partial charge >= 0.3 is 8.56 Å². The molecule has 0 radical (unpaired) electrons. The van der Waals surface area contributed by atoms with E-state index in [2.05, 4.69) is 36.8 Å². The van der Waals surface area contributed by atoms with Crippen LogP contribution >= 0.6 is 0 Å². The molecule has 0 aromatic heterocycles. The van der Waals surface area contributed by atoms with E-state index in [0.29, 0.717) is 0 Å². The van der Waals surface area contributed by atoms with Gasteiger partial charge in [-0.25, -0.2) is 0 Å². The minimum absolute atomic E-state index is 1.10. The van der Waals surface area contributed by atoms with Crippen LogP contribution in [0.15, 0.2) is 0 Å². The molecule has 0 bridgehead atoms. The fourth-order valence-corrected chi connectivity index (χ4v) is 9.14. The molecule has 0 amide bonds. The molecule has 0 unspecified atom stereocenters. The van der Waals surface area contributed by atoms with Crippen LogP contribution in [0, 0.1) is 0 Å². The molecule has 132 valence electrons. The molecular formula is C16H38N2O2Si2. The van der Waals surface area contributed by atoms with E-state index >= 15 is 0 Å². The van der Waals surface area contributed by atoms with Crippen LogP contribution in [0.4, 0.5) is 0 Å². The standard InChI is InChI=1S/C16H38N2O2Si2/c1-7-22(8-2,9-3)18-14-12-17(13-15-18)11-10-16-21(6,19-4)20-5/h7-16H2,1-6H3. The van der Waals surface area contributed by atoms with Gasteiger partial charge in [0, 0.05) is 40.4 Å². The van der Waals surface area contributed by atoms with Gasteiger partial charge in [-0.05, 0) is 43.7 Å². The van der Waals surface area contributed by atoms with Gasteiger partial charge in [0.05, 0.1) is 0 Å². The Labute approximate surface area is 140 Å². The van der Waals surface area contributed by atoms with E-state index in [4.69, 9.17) is 8.85 Å². The number of piperazine rings is 1. The van der Waals surface area contributed by atoms with Crippen LogP contribution in [0.25, 0.3) is 0 Å². The molecule has 6 heteroatoms. The largest absolute Gasteiger partial charge is 0.398 e. The van der Waals surface area contributed by atoms with Gasteiger partial charge in [-0.1, -0.05) is 20.8 Å². The number of hydrogen-bond donors (Lipinski definition) is 0. The highest BCUT2D eigenvalue weighted by molar-refractivity contribution is 6.77. The second-order valence-corrected chi connectivity index (χ2v) is 15.5. The summed E-state index contributed by atoms with van der Waals surface area (Å²) in [6.45, 7) is 15.6. The van der Waals surface area contributed by atoms with E-state index in [1.54, 1.807) is 14.2 Å². The minimum Gasteiger partial charge on any atom is -0.398 e. The fourth-order valence-electron chi connectivity index (χ4n) is 3.78. The Morgan fingerprint density at radius 1 is 0.864 bits per heavy atom. The Morgan fingerprint density at radius 3 is 1.77 bits per heavy atom. The van der Waals surface area contributed by atoms with E-state index in [0.717, 1.165) is 6.04 Å². The molecule has 0 aromatic carbocycles. The average molecular weight is 347 g/mol. The second-order valence-electron chi connectivity index (χ2n) is 6.76. The summed E-state index contributed by atoms with van der Waals surface area (Å²) in [6, 6.07) is 5.32. The molecule has 1 rings (SSSR count). The van der Waals surface area contributed by atoms with E-state index in [1.165, 1.54) is 57.3 Å². The molecule has 1 aliphatic heterocycles. The summed E-state index contributed by atoms with van der Waals surface area (Å²) in [5, 5.41) is 0. The summed E-state index contributed by atoms with van der Waals surface area (Å²) in [7, 11) is 0.563. The first-order valence-electron chi connectivity index (χ1n) is 9.07. The SMILES string of the molecule is CC[Si](CC)(CC)N1CCN(CCC[Si](C)(OC)OC)CC1. The number of hydrogen-bond acceptors (Lipinski definition) is 4. The summed E-state index contributed by atoms with van der Waals surface area (Å²) >= 11 is 0. The predicted octanol–water partition coefficient (Wildman–Crippen LogP) is 3.36. The van der Waals surface area contributed by atoms with Gasteiger partial charge in [0.2, 0.25) is 0 Å². The first kappa shape index (κ1) is 20.3. The van der Waals surface area contributed by atoms with Crippen molar-refractivity contribution in [2.45, 2.75) is 57.9 Å². The van der Waals surface area contributed by atoms with Crippen LogP contribution in [0.2, 0.25) is 30.7 Å². The lowest BCUT2D eigenvalue weighted by molar-refractivity contribution is 0.178. The topological polar surface area (TPSA) is 24.9 Å². The maximum Gasteiger partial charge on any atom is 0.334 e. The molecule has 1 heterocycles. The van der Waals surface area contributed by atoms with Crippen LogP contribution in [0.1, 0.15) is 27.2 Å². The molecule has 0 saturated carbocycles. The van der Waals surface area contributed by atoms with Crippen LogP contribution < -0.4 is 0 Å². The summed E-state index contributed by atoms with van der Waals surface area (Å²) in [5.74, 6) is 0. The van der Waals surface area contributed by atoms with Gasteiger partial charge in [0.25, 0.3) is 0 Å². The molecular weight excluding hydrogens is 308 g/mol. The second kappa shape index (κ2) is 9.54. The van der Waals surface area contributed by atoms with E-state index in [9.17, 15) is 0 Å². The Morgan fingerprint density at radius 2 is 1.36 bits per heavy atom. The molecule has 0 atom stereocenters. The Hall–Kier alpha value is 0.274. The zero-order chi connectivity index (χ0) is 16.6. The molecule has 4 nitrogen and oxygen atoms in total. The first-order chi connectivity index (χ1) is 10.5. The molecule has 0 aliphatic carbocycles. The van der Waals surface area contributed by atoms with Crippen molar-refractivity contribution in [1.29, 1.82) is 0 Å². The smallest absolute Gasteiger partial charge is 0.334 e. The molecule has 0 spiro atoms. The summed E-state index contributed by atoms with van der Waals surface area (Å²) < 4.78 is 14.0. The number of rotatable bonds is 10. The maximum atomic E-state index is 5.58. The molecule has 1 saturated heterocycles. The third kappa shape index (κ3) is 5.14. The highest BCUT2D eigenvalue weighted by Crippen LogP contribution is 2.26. The zero-order valence-corrected chi connectivity index (χ0v) is 17.8. The first-order valence-corrected chi connectivity index (χ1v) is 14.2. The highest BCUT2D eigenvalue weighted by atomic mass is 28.4. The fraction of sp³-hybridized carbons (Fsp3) is 1.00. The molecule has 1 fully saturated rings. The Balaban J connectivity index is 2.37. The summed E-state index contributed by atoms with van der Waals surface area (Å²) in [5.41, 5.74) is 0. The third-order valence-electron chi connectivity index (χ3n) is 5.99. The lowest BCUT2D eigenvalue weighted by Gasteiger charge is -2.46. The van der Waals surface area contributed by atoms with Crippen LogP contribution in [0.5, 0.6) is 0 Å². The van der Waals surface area contributed by atoms with Crippen LogP contribution in [-0.4, -0.2) is 73.2 Å². The van der Waals surface area contributed by atoms with Crippen molar-refractivity contribution in [3.63, 3.8) is 0 Å². The summed E-state index contributed by atoms with van der Waals surface area (Å²) in [4.78, 5) is 2.64. The normalized spacial score (nSPS) is 18.8. The van der Waals surface area contributed by atoms with E-state index in [1.807, 2.05) is 0 Å². The van der Waals surface area contributed by atoms with Gasteiger partial charge < -0.3 is 18.3 Å². The zero-order valence-electron chi connectivity index (χ0n) is 15.8.